The zero-order chi connectivity index (χ0) is 12.3. The number of halogens is 2. The largest absolute Gasteiger partial charge is 0.316 e. The van der Waals surface area contributed by atoms with Gasteiger partial charge in [-0.3, -0.25) is 4.21 Å². The predicted octanol–water partition coefficient (Wildman–Crippen LogP) is 2.58. The summed E-state index contributed by atoms with van der Waals surface area (Å²) in [6.45, 7) is 3.84. The third-order valence-corrected chi connectivity index (χ3v) is 4.71. The monoisotopic (exact) mass is 263 g/mol. The Labute approximate surface area is 103 Å². The molecule has 1 N–H and O–H groups in total. The Hall–Kier alpha value is -0.450. The first-order valence-corrected chi connectivity index (χ1v) is 6.59. The van der Waals surface area contributed by atoms with E-state index in [1.54, 1.807) is 0 Å². The molecule has 0 bridgehead atoms. The topological polar surface area (TPSA) is 29.1 Å². The number of hydrogen-bond acceptors (Lipinski definition) is 2. The van der Waals surface area contributed by atoms with Crippen molar-refractivity contribution in [3.8, 4) is 0 Å². The Morgan fingerprint density at radius 2 is 2.06 bits per heavy atom. The first kappa shape index (κ1) is 13.6. The van der Waals surface area contributed by atoms with E-state index in [1.165, 1.54) is 18.2 Å². The van der Waals surface area contributed by atoms with Gasteiger partial charge in [-0.1, -0.05) is 11.6 Å². The fourth-order valence-corrected chi connectivity index (χ4v) is 2.85. The van der Waals surface area contributed by atoms with Crippen LogP contribution >= 0.6 is 11.6 Å². The van der Waals surface area contributed by atoms with Crippen LogP contribution in [0.25, 0.3) is 0 Å². The van der Waals surface area contributed by atoms with E-state index in [-0.39, 0.29) is 16.3 Å². The van der Waals surface area contributed by atoms with Crippen LogP contribution in [0.5, 0.6) is 0 Å². The van der Waals surface area contributed by atoms with Crippen molar-refractivity contribution in [3.63, 3.8) is 0 Å². The van der Waals surface area contributed by atoms with Gasteiger partial charge < -0.3 is 5.32 Å². The molecule has 0 saturated heterocycles. The lowest BCUT2D eigenvalue weighted by Gasteiger charge is -2.18. The van der Waals surface area contributed by atoms with Crippen molar-refractivity contribution in [2.24, 2.45) is 0 Å². The number of nitrogens with one attached hydrogen (secondary N) is 1. The van der Waals surface area contributed by atoms with Crippen LogP contribution in [0.2, 0.25) is 5.02 Å². The van der Waals surface area contributed by atoms with Gasteiger partial charge in [0.1, 0.15) is 5.82 Å². The van der Waals surface area contributed by atoms with E-state index >= 15 is 0 Å². The van der Waals surface area contributed by atoms with Gasteiger partial charge >= 0.3 is 0 Å². The highest BCUT2D eigenvalue weighted by Crippen LogP contribution is 2.20. The second kappa shape index (κ2) is 5.75. The predicted molar refractivity (Wildman–Crippen MR) is 65.8 cm³/mol. The molecule has 1 rings (SSSR count). The van der Waals surface area contributed by atoms with Crippen LogP contribution < -0.4 is 5.32 Å². The molecule has 16 heavy (non-hydrogen) atoms. The molecule has 1 aromatic carbocycles. The average molecular weight is 264 g/mol. The lowest BCUT2D eigenvalue weighted by atomic mass is 10.3. The number of benzene rings is 1. The summed E-state index contributed by atoms with van der Waals surface area (Å²) in [5, 5.41) is 2.99. The number of rotatable bonds is 4. The molecule has 0 aliphatic rings. The van der Waals surface area contributed by atoms with Crippen molar-refractivity contribution in [2.75, 3.05) is 7.05 Å². The third-order valence-electron chi connectivity index (χ3n) is 2.62. The summed E-state index contributed by atoms with van der Waals surface area (Å²) in [4.78, 5) is 0.556. The molecule has 0 heterocycles. The highest BCUT2D eigenvalue weighted by Gasteiger charge is 2.19. The molecule has 3 unspecified atom stereocenters. The fraction of sp³-hybridized carbons (Fsp3) is 0.455. The maximum absolute atomic E-state index is 12.9. The first-order valence-electron chi connectivity index (χ1n) is 5.00. The van der Waals surface area contributed by atoms with Crippen LogP contribution in [0.15, 0.2) is 23.1 Å². The van der Waals surface area contributed by atoms with Crippen molar-refractivity contribution >= 4 is 22.4 Å². The summed E-state index contributed by atoms with van der Waals surface area (Å²) in [5.74, 6) is -0.489. The molecule has 0 aromatic heterocycles. The molecule has 5 heteroatoms. The zero-order valence-corrected chi connectivity index (χ0v) is 11.0. The Morgan fingerprint density at radius 1 is 1.44 bits per heavy atom. The van der Waals surface area contributed by atoms with E-state index in [0.717, 1.165) is 0 Å². The van der Waals surface area contributed by atoms with Crippen LogP contribution in [0, 0.1) is 5.82 Å². The van der Waals surface area contributed by atoms with E-state index < -0.39 is 16.6 Å². The van der Waals surface area contributed by atoms with Crippen LogP contribution in [0.3, 0.4) is 0 Å². The molecule has 0 amide bonds. The highest BCUT2D eigenvalue weighted by atomic mass is 35.5. The van der Waals surface area contributed by atoms with Crippen molar-refractivity contribution in [2.45, 2.75) is 30.0 Å². The molecule has 0 spiro atoms. The Bertz CT molecular complexity index is 400. The maximum Gasteiger partial charge on any atom is 0.141 e. The summed E-state index contributed by atoms with van der Waals surface area (Å²) in [7, 11) is 0.625. The molecule has 0 aliphatic carbocycles. The second-order valence-electron chi connectivity index (χ2n) is 3.66. The normalized spacial score (nSPS) is 16.8. The first-order chi connectivity index (χ1) is 7.47. The maximum atomic E-state index is 12.9. The quantitative estimate of drug-likeness (QED) is 0.905. The van der Waals surface area contributed by atoms with Crippen molar-refractivity contribution in [3.05, 3.63) is 29.0 Å². The van der Waals surface area contributed by atoms with Gasteiger partial charge in [0.25, 0.3) is 0 Å². The minimum absolute atomic E-state index is 0.00941. The summed E-state index contributed by atoms with van der Waals surface area (Å²) < 4.78 is 25.0. The smallest absolute Gasteiger partial charge is 0.141 e. The summed E-state index contributed by atoms with van der Waals surface area (Å²) in [6.07, 6.45) is 0. The van der Waals surface area contributed by atoms with E-state index in [0.29, 0.717) is 4.90 Å². The van der Waals surface area contributed by atoms with Crippen molar-refractivity contribution < 1.29 is 8.60 Å². The standard InChI is InChI=1S/C11H15ClFNOS/c1-7(14-3)8(2)16(15)9-4-5-11(13)10(12)6-9/h4-8,14H,1-3H3. The minimum atomic E-state index is -1.19. The van der Waals surface area contributed by atoms with Gasteiger partial charge in [0.05, 0.1) is 21.1 Å². The van der Waals surface area contributed by atoms with Crippen molar-refractivity contribution in [1.29, 1.82) is 0 Å². The van der Waals surface area contributed by atoms with Gasteiger partial charge in [-0.15, -0.1) is 0 Å². The van der Waals surface area contributed by atoms with Crippen LogP contribution in [-0.2, 0) is 10.8 Å². The molecule has 3 atom stereocenters. The summed E-state index contributed by atoms with van der Waals surface area (Å²) in [5.41, 5.74) is 0. The molecule has 1 aromatic rings. The lowest BCUT2D eigenvalue weighted by molar-refractivity contribution is 0.583. The molecule has 90 valence electrons. The van der Waals surface area contributed by atoms with E-state index in [9.17, 15) is 8.60 Å². The molecule has 0 fully saturated rings. The minimum Gasteiger partial charge on any atom is -0.316 e. The van der Waals surface area contributed by atoms with E-state index in [2.05, 4.69) is 5.32 Å². The van der Waals surface area contributed by atoms with Gasteiger partial charge in [0.2, 0.25) is 0 Å². The van der Waals surface area contributed by atoms with Gasteiger partial charge in [-0.05, 0) is 39.1 Å². The van der Waals surface area contributed by atoms with Crippen molar-refractivity contribution in [1.82, 2.24) is 5.32 Å². The van der Waals surface area contributed by atoms with Gasteiger partial charge in [-0.25, -0.2) is 4.39 Å². The van der Waals surface area contributed by atoms with Gasteiger partial charge in [0, 0.05) is 10.9 Å². The van der Waals surface area contributed by atoms with Crippen LogP contribution in [0.4, 0.5) is 4.39 Å². The molecule has 0 saturated carbocycles. The average Bonchev–Trinajstić information content (AvgIpc) is 2.29. The lowest BCUT2D eigenvalue weighted by Crippen LogP contribution is -2.35. The SMILES string of the molecule is CNC(C)C(C)S(=O)c1ccc(F)c(Cl)c1. The van der Waals surface area contributed by atoms with Gasteiger partial charge in [0.15, 0.2) is 0 Å². The Balaban J connectivity index is 2.92. The Kier molecular flexibility index (Phi) is 4.89. The Morgan fingerprint density at radius 3 is 2.56 bits per heavy atom. The molecular formula is C11H15ClFNOS. The zero-order valence-electron chi connectivity index (χ0n) is 9.46. The molecule has 2 nitrogen and oxygen atoms in total. The summed E-state index contributed by atoms with van der Waals surface area (Å²) in [6, 6.07) is 4.29. The number of hydrogen-bond donors (Lipinski definition) is 1. The van der Waals surface area contributed by atoms with E-state index in [4.69, 9.17) is 11.6 Å². The summed E-state index contributed by atoms with van der Waals surface area (Å²) >= 11 is 5.65. The van der Waals surface area contributed by atoms with Crippen LogP contribution in [-0.4, -0.2) is 22.5 Å². The fourth-order valence-electron chi connectivity index (χ4n) is 1.24. The van der Waals surface area contributed by atoms with Crippen LogP contribution in [0.1, 0.15) is 13.8 Å². The molecular weight excluding hydrogens is 249 g/mol. The molecule has 0 aliphatic heterocycles. The second-order valence-corrected chi connectivity index (χ2v) is 5.87. The third kappa shape index (κ3) is 3.03. The highest BCUT2D eigenvalue weighted by molar-refractivity contribution is 7.85. The van der Waals surface area contributed by atoms with E-state index in [1.807, 2.05) is 20.9 Å². The van der Waals surface area contributed by atoms with Gasteiger partial charge in [-0.2, -0.15) is 0 Å². The molecule has 0 radical (unpaired) electrons.